The van der Waals surface area contributed by atoms with Gasteiger partial charge in [-0.2, -0.15) is 5.26 Å². The molecule has 0 amide bonds. The molecule has 9 heteroatoms. The molecule has 3 aromatic heterocycles. The zero-order chi connectivity index (χ0) is 26.8. The molecule has 1 fully saturated rings. The summed E-state index contributed by atoms with van der Waals surface area (Å²) in [4.78, 5) is 8.86. The molecule has 39 heavy (non-hydrogen) atoms. The topological polar surface area (TPSA) is 107 Å². The van der Waals surface area contributed by atoms with Gasteiger partial charge in [0.1, 0.15) is 17.9 Å². The summed E-state index contributed by atoms with van der Waals surface area (Å²) in [5.74, 6) is 0.527. The van der Waals surface area contributed by atoms with E-state index in [9.17, 15) is 13.7 Å². The van der Waals surface area contributed by atoms with E-state index in [-0.39, 0.29) is 16.6 Å². The van der Waals surface area contributed by atoms with Crippen molar-refractivity contribution in [3.63, 3.8) is 0 Å². The third kappa shape index (κ3) is 4.65. The molecule has 0 atom stereocenters. The van der Waals surface area contributed by atoms with Crippen LogP contribution in [-0.2, 0) is 14.8 Å². The van der Waals surface area contributed by atoms with Crippen LogP contribution in [0.2, 0.25) is 0 Å². The number of aromatic nitrogens is 3. The van der Waals surface area contributed by atoms with Crippen LogP contribution in [0, 0.1) is 11.3 Å². The van der Waals surface area contributed by atoms with E-state index in [0.29, 0.717) is 41.2 Å². The summed E-state index contributed by atoms with van der Waals surface area (Å²) < 4.78 is 40.6. The number of pyridine rings is 2. The predicted molar refractivity (Wildman–Crippen MR) is 147 cm³/mol. The highest BCUT2D eigenvalue weighted by Gasteiger charge is 2.26. The molecular formula is C30H24N4O4S. The highest BCUT2D eigenvalue weighted by Crippen LogP contribution is 2.37. The van der Waals surface area contributed by atoms with Crippen molar-refractivity contribution in [3.05, 3.63) is 97.0 Å². The van der Waals surface area contributed by atoms with E-state index >= 15 is 0 Å². The monoisotopic (exact) mass is 536 g/mol. The summed E-state index contributed by atoms with van der Waals surface area (Å²) in [5, 5.41) is 10.5. The van der Waals surface area contributed by atoms with Gasteiger partial charge in [-0.15, -0.1) is 0 Å². The van der Waals surface area contributed by atoms with Crippen LogP contribution in [0.25, 0.3) is 33.4 Å². The molecule has 0 saturated carbocycles. The van der Waals surface area contributed by atoms with Gasteiger partial charge in [0.15, 0.2) is 5.65 Å². The van der Waals surface area contributed by atoms with Gasteiger partial charge in [-0.25, -0.2) is 17.4 Å². The standard InChI is InChI=1S/C30H24N4O4S/c31-19-23-17-21(8-9-29(23)38-24-11-15-37-16-12-24)26-10-14-33-30-27(26)18-28(22-5-4-13-32-20-22)34(30)39(35,36)25-6-2-1-3-7-25/h1-10,13-14,17-18,20,24H,11-12,15-16H2. The van der Waals surface area contributed by atoms with E-state index in [0.717, 1.165) is 24.0 Å². The number of benzene rings is 2. The van der Waals surface area contributed by atoms with Crippen LogP contribution in [0.15, 0.2) is 96.3 Å². The summed E-state index contributed by atoms with van der Waals surface area (Å²) in [5.41, 5.74) is 3.29. The first-order valence-corrected chi connectivity index (χ1v) is 14.0. The van der Waals surface area contributed by atoms with Gasteiger partial charge >= 0.3 is 0 Å². The SMILES string of the molecule is N#Cc1cc(-c2ccnc3c2cc(-c2cccnc2)n3S(=O)(=O)c2ccccc2)ccc1OC1CCOCC1. The Balaban J connectivity index is 1.52. The first kappa shape index (κ1) is 24.8. The number of rotatable bonds is 6. The van der Waals surface area contributed by atoms with Crippen LogP contribution in [0.5, 0.6) is 5.75 Å². The molecule has 4 heterocycles. The van der Waals surface area contributed by atoms with Crippen molar-refractivity contribution < 1.29 is 17.9 Å². The van der Waals surface area contributed by atoms with Crippen LogP contribution in [0.1, 0.15) is 18.4 Å². The Kier molecular flexibility index (Phi) is 6.57. The maximum absolute atomic E-state index is 13.9. The number of nitrogens with zero attached hydrogens (tertiary/aromatic N) is 4. The Morgan fingerprint density at radius 1 is 0.949 bits per heavy atom. The number of hydrogen-bond acceptors (Lipinski definition) is 7. The Labute approximate surface area is 226 Å². The average molecular weight is 537 g/mol. The molecule has 194 valence electrons. The summed E-state index contributed by atoms with van der Waals surface area (Å²) in [6.07, 6.45) is 6.40. The summed E-state index contributed by atoms with van der Waals surface area (Å²) >= 11 is 0. The van der Waals surface area contributed by atoms with Crippen LogP contribution in [0.4, 0.5) is 0 Å². The molecule has 0 unspecified atom stereocenters. The Hall–Kier alpha value is -4.52. The second kappa shape index (κ2) is 10.3. The van der Waals surface area contributed by atoms with Gasteiger partial charge in [0, 0.05) is 42.4 Å². The highest BCUT2D eigenvalue weighted by molar-refractivity contribution is 7.90. The molecule has 0 spiro atoms. The van der Waals surface area contributed by atoms with Crippen LogP contribution in [-0.4, -0.2) is 41.7 Å². The molecule has 1 saturated heterocycles. The largest absolute Gasteiger partial charge is 0.489 e. The molecule has 5 aromatic rings. The maximum Gasteiger partial charge on any atom is 0.269 e. The molecule has 6 rings (SSSR count). The van der Waals surface area contributed by atoms with Crippen LogP contribution in [0.3, 0.4) is 0 Å². The van der Waals surface area contributed by atoms with Gasteiger partial charge in [-0.05, 0) is 59.7 Å². The quantitative estimate of drug-likeness (QED) is 0.285. The Morgan fingerprint density at radius 3 is 2.51 bits per heavy atom. The first-order chi connectivity index (χ1) is 19.1. The lowest BCUT2D eigenvalue weighted by Crippen LogP contribution is -2.26. The fraction of sp³-hybridized carbons (Fsp3) is 0.167. The van der Waals surface area contributed by atoms with E-state index in [4.69, 9.17) is 9.47 Å². The molecule has 8 nitrogen and oxygen atoms in total. The number of fused-ring (bicyclic) bond motifs is 1. The number of hydrogen-bond donors (Lipinski definition) is 0. The van der Waals surface area contributed by atoms with Crippen LogP contribution >= 0.6 is 0 Å². The van der Waals surface area contributed by atoms with Gasteiger partial charge in [0.2, 0.25) is 0 Å². The minimum Gasteiger partial charge on any atom is -0.489 e. The van der Waals surface area contributed by atoms with Crippen molar-refractivity contribution in [2.75, 3.05) is 13.2 Å². The molecule has 0 N–H and O–H groups in total. The smallest absolute Gasteiger partial charge is 0.269 e. The van der Waals surface area contributed by atoms with E-state index in [2.05, 4.69) is 16.0 Å². The summed E-state index contributed by atoms with van der Waals surface area (Å²) in [6.45, 7) is 1.28. The zero-order valence-electron chi connectivity index (χ0n) is 20.9. The molecule has 0 aliphatic carbocycles. The minimum atomic E-state index is -3.99. The molecular weight excluding hydrogens is 512 g/mol. The second-order valence-corrected chi connectivity index (χ2v) is 11.0. The van der Waals surface area contributed by atoms with Gasteiger partial charge in [0.05, 0.1) is 29.4 Å². The van der Waals surface area contributed by atoms with Crippen LogP contribution < -0.4 is 4.74 Å². The predicted octanol–water partition coefficient (Wildman–Crippen LogP) is 5.43. The highest BCUT2D eigenvalue weighted by atomic mass is 32.2. The van der Waals surface area contributed by atoms with Gasteiger partial charge in [-0.1, -0.05) is 24.3 Å². The van der Waals surface area contributed by atoms with Crippen molar-refractivity contribution in [1.82, 2.24) is 13.9 Å². The minimum absolute atomic E-state index is 0.00333. The molecule has 0 radical (unpaired) electrons. The zero-order valence-corrected chi connectivity index (χ0v) is 21.7. The Morgan fingerprint density at radius 2 is 1.77 bits per heavy atom. The lowest BCUT2D eigenvalue weighted by molar-refractivity contribution is 0.0254. The van der Waals surface area contributed by atoms with Gasteiger partial charge in [0.25, 0.3) is 10.0 Å². The van der Waals surface area contributed by atoms with E-state index < -0.39 is 10.0 Å². The van der Waals surface area contributed by atoms with Crippen molar-refractivity contribution in [2.24, 2.45) is 0 Å². The number of ether oxygens (including phenoxy) is 2. The molecule has 1 aliphatic rings. The normalized spacial score (nSPS) is 14.2. The fourth-order valence-electron chi connectivity index (χ4n) is 4.84. The average Bonchev–Trinajstić information content (AvgIpc) is 3.40. The van der Waals surface area contributed by atoms with E-state index in [1.807, 2.05) is 24.3 Å². The number of nitriles is 1. The third-order valence-electron chi connectivity index (χ3n) is 6.77. The van der Waals surface area contributed by atoms with E-state index in [1.165, 1.54) is 3.97 Å². The molecule has 2 aromatic carbocycles. The van der Waals surface area contributed by atoms with Crippen molar-refractivity contribution in [3.8, 4) is 34.2 Å². The first-order valence-electron chi connectivity index (χ1n) is 12.6. The molecule has 0 bridgehead atoms. The van der Waals surface area contributed by atoms with Crippen molar-refractivity contribution >= 4 is 21.1 Å². The van der Waals surface area contributed by atoms with Gasteiger partial charge in [-0.3, -0.25) is 4.98 Å². The lowest BCUT2D eigenvalue weighted by Gasteiger charge is -2.23. The third-order valence-corrected chi connectivity index (χ3v) is 8.49. The van der Waals surface area contributed by atoms with E-state index in [1.54, 1.807) is 67.1 Å². The van der Waals surface area contributed by atoms with Crippen molar-refractivity contribution in [2.45, 2.75) is 23.8 Å². The summed E-state index contributed by atoms with van der Waals surface area (Å²) in [6, 6.07) is 23.2. The Bertz CT molecular complexity index is 1790. The second-order valence-electron chi connectivity index (χ2n) is 9.20. The lowest BCUT2D eigenvalue weighted by atomic mass is 10.0. The van der Waals surface area contributed by atoms with Crippen molar-refractivity contribution in [1.29, 1.82) is 5.26 Å². The maximum atomic E-state index is 13.9. The molecule has 1 aliphatic heterocycles. The summed E-state index contributed by atoms with van der Waals surface area (Å²) in [7, 11) is -3.99. The fourth-order valence-corrected chi connectivity index (χ4v) is 6.35. The van der Waals surface area contributed by atoms with Gasteiger partial charge < -0.3 is 9.47 Å².